The minimum absolute atomic E-state index is 0.221. The molecule has 2 rings (SSSR count). The zero-order valence-electron chi connectivity index (χ0n) is 12.0. The van der Waals surface area contributed by atoms with E-state index >= 15 is 0 Å². The number of nitrogens with two attached hydrogens (primary N) is 1. The van der Waals surface area contributed by atoms with E-state index in [2.05, 4.69) is 5.32 Å². The topological polar surface area (TPSA) is 67.6 Å². The second kappa shape index (κ2) is 7.03. The van der Waals surface area contributed by atoms with E-state index in [-0.39, 0.29) is 5.91 Å². The molecule has 0 bridgehead atoms. The molecule has 0 radical (unpaired) electrons. The van der Waals surface area contributed by atoms with E-state index in [1.54, 1.807) is 7.11 Å². The highest BCUT2D eigenvalue weighted by atomic mass is 16.5. The Morgan fingerprint density at radius 1 is 1.35 bits per heavy atom. The highest BCUT2D eigenvalue weighted by Crippen LogP contribution is 2.28. The van der Waals surface area contributed by atoms with Gasteiger partial charge in [-0.15, -0.1) is 0 Å². The molecule has 5 heteroatoms. The number of methoxy groups -OCH3 is 1. The van der Waals surface area contributed by atoms with Crippen LogP contribution in [0.15, 0.2) is 18.2 Å². The number of likely N-dealkylation sites (tertiary alicyclic amines) is 1. The Kier molecular flexibility index (Phi) is 5.09. The maximum Gasteiger partial charge on any atom is 0.224 e. The van der Waals surface area contributed by atoms with Crippen LogP contribution in [0.4, 0.5) is 11.4 Å². The molecule has 0 atom stereocenters. The summed E-state index contributed by atoms with van der Waals surface area (Å²) in [5, 5.41) is 3.21. The second-order valence-corrected chi connectivity index (χ2v) is 5.04. The molecule has 1 aliphatic heterocycles. The van der Waals surface area contributed by atoms with E-state index in [1.807, 2.05) is 23.1 Å². The average Bonchev–Trinajstić information content (AvgIpc) is 2.49. The molecule has 0 aromatic heterocycles. The summed E-state index contributed by atoms with van der Waals surface area (Å²) in [5.41, 5.74) is 7.37. The number of carbonyl (C=O) groups is 1. The number of hydrogen-bond donors (Lipinski definition) is 2. The lowest BCUT2D eigenvalue weighted by atomic mass is 10.1. The molecule has 5 nitrogen and oxygen atoms in total. The normalized spacial score (nSPS) is 14.9. The van der Waals surface area contributed by atoms with Gasteiger partial charge in [0.05, 0.1) is 18.5 Å². The number of nitrogens with one attached hydrogen (secondary N) is 1. The fourth-order valence-corrected chi connectivity index (χ4v) is 2.48. The zero-order valence-corrected chi connectivity index (χ0v) is 12.0. The maximum absolute atomic E-state index is 12.0. The van der Waals surface area contributed by atoms with Gasteiger partial charge in [-0.1, -0.05) is 6.07 Å². The van der Waals surface area contributed by atoms with E-state index < -0.39 is 0 Å². The number of nitrogens with zero attached hydrogens (tertiary/aromatic N) is 1. The molecule has 1 saturated heterocycles. The standard InChI is InChI=1S/C15H23N3O2/c1-20-13-7-5-6-12(15(13)16)17-9-8-14(19)18-10-3-2-4-11-18/h5-7,17H,2-4,8-11,16H2,1H3. The summed E-state index contributed by atoms with van der Waals surface area (Å²) >= 11 is 0. The third kappa shape index (κ3) is 3.56. The number of nitrogen functional groups attached to an aromatic ring is 1. The molecule has 1 aromatic rings. The van der Waals surface area contributed by atoms with Crippen LogP contribution in [0, 0.1) is 0 Å². The van der Waals surface area contributed by atoms with Gasteiger partial charge in [0.15, 0.2) is 0 Å². The highest BCUT2D eigenvalue weighted by Gasteiger charge is 2.15. The molecule has 0 aliphatic carbocycles. The van der Waals surface area contributed by atoms with Gasteiger partial charge in [-0.2, -0.15) is 0 Å². The van der Waals surface area contributed by atoms with Crippen molar-refractivity contribution in [1.82, 2.24) is 4.90 Å². The first kappa shape index (κ1) is 14.5. The Morgan fingerprint density at radius 2 is 2.10 bits per heavy atom. The van der Waals surface area contributed by atoms with Crippen LogP contribution in [0.3, 0.4) is 0 Å². The monoisotopic (exact) mass is 277 g/mol. The number of rotatable bonds is 5. The van der Waals surface area contributed by atoms with Gasteiger partial charge in [-0.25, -0.2) is 0 Å². The predicted octanol–water partition coefficient (Wildman–Crippen LogP) is 2.09. The van der Waals surface area contributed by atoms with Gasteiger partial charge in [0, 0.05) is 26.1 Å². The van der Waals surface area contributed by atoms with Crippen LogP contribution in [0.2, 0.25) is 0 Å². The molecular formula is C15H23N3O2. The van der Waals surface area contributed by atoms with E-state index in [0.717, 1.165) is 31.6 Å². The Balaban J connectivity index is 1.82. The van der Waals surface area contributed by atoms with Crippen LogP contribution in [0.1, 0.15) is 25.7 Å². The van der Waals surface area contributed by atoms with E-state index in [1.165, 1.54) is 6.42 Å². The van der Waals surface area contributed by atoms with Crippen molar-refractivity contribution in [2.24, 2.45) is 0 Å². The van der Waals surface area contributed by atoms with E-state index in [0.29, 0.717) is 24.4 Å². The summed E-state index contributed by atoms with van der Waals surface area (Å²) in [6.45, 7) is 2.40. The first-order valence-electron chi connectivity index (χ1n) is 7.16. The van der Waals surface area contributed by atoms with Crippen molar-refractivity contribution >= 4 is 17.3 Å². The largest absolute Gasteiger partial charge is 0.495 e. The number of para-hydroxylation sites is 1. The predicted molar refractivity (Wildman–Crippen MR) is 80.9 cm³/mol. The van der Waals surface area contributed by atoms with Gasteiger partial charge in [-0.3, -0.25) is 4.79 Å². The summed E-state index contributed by atoms with van der Waals surface area (Å²) in [5.74, 6) is 0.871. The summed E-state index contributed by atoms with van der Waals surface area (Å²) < 4.78 is 5.17. The molecule has 1 amide bonds. The van der Waals surface area contributed by atoms with Crippen molar-refractivity contribution < 1.29 is 9.53 Å². The van der Waals surface area contributed by atoms with Crippen LogP contribution in [0.5, 0.6) is 5.75 Å². The highest BCUT2D eigenvalue weighted by molar-refractivity contribution is 5.78. The third-order valence-electron chi connectivity index (χ3n) is 3.65. The lowest BCUT2D eigenvalue weighted by Crippen LogP contribution is -2.36. The molecule has 0 spiro atoms. The van der Waals surface area contributed by atoms with Crippen molar-refractivity contribution in [3.63, 3.8) is 0 Å². The number of carbonyl (C=O) groups excluding carboxylic acids is 1. The fraction of sp³-hybridized carbons (Fsp3) is 0.533. The third-order valence-corrected chi connectivity index (χ3v) is 3.65. The van der Waals surface area contributed by atoms with Crippen molar-refractivity contribution in [3.8, 4) is 5.75 Å². The summed E-state index contributed by atoms with van der Waals surface area (Å²) in [6.07, 6.45) is 3.99. The fourth-order valence-electron chi connectivity index (χ4n) is 2.48. The minimum Gasteiger partial charge on any atom is -0.495 e. The number of ether oxygens (including phenoxy) is 1. The molecule has 0 saturated carbocycles. The van der Waals surface area contributed by atoms with E-state index in [4.69, 9.17) is 10.5 Å². The number of benzene rings is 1. The Bertz CT molecular complexity index is 456. The Hall–Kier alpha value is -1.91. The maximum atomic E-state index is 12.0. The van der Waals surface area contributed by atoms with Gasteiger partial charge in [-0.05, 0) is 31.4 Å². The first-order valence-corrected chi connectivity index (χ1v) is 7.16. The molecule has 1 aliphatic rings. The molecule has 1 fully saturated rings. The molecular weight excluding hydrogens is 254 g/mol. The quantitative estimate of drug-likeness (QED) is 0.809. The molecule has 3 N–H and O–H groups in total. The van der Waals surface area contributed by atoms with Gasteiger partial charge < -0.3 is 20.7 Å². The van der Waals surface area contributed by atoms with Crippen LogP contribution < -0.4 is 15.8 Å². The smallest absolute Gasteiger partial charge is 0.224 e. The van der Waals surface area contributed by atoms with Crippen LogP contribution in [0.25, 0.3) is 0 Å². The molecule has 110 valence electrons. The molecule has 20 heavy (non-hydrogen) atoms. The van der Waals surface area contributed by atoms with Crippen LogP contribution in [-0.4, -0.2) is 37.6 Å². The lowest BCUT2D eigenvalue weighted by molar-refractivity contribution is -0.131. The molecule has 0 unspecified atom stereocenters. The van der Waals surface area contributed by atoms with Gasteiger partial charge in [0.1, 0.15) is 5.75 Å². The summed E-state index contributed by atoms with van der Waals surface area (Å²) in [7, 11) is 1.59. The van der Waals surface area contributed by atoms with Gasteiger partial charge in [0.25, 0.3) is 0 Å². The zero-order chi connectivity index (χ0) is 14.4. The van der Waals surface area contributed by atoms with Crippen molar-refractivity contribution in [2.75, 3.05) is 37.8 Å². The average molecular weight is 277 g/mol. The molecule has 1 aromatic carbocycles. The van der Waals surface area contributed by atoms with Crippen molar-refractivity contribution in [3.05, 3.63) is 18.2 Å². The van der Waals surface area contributed by atoms with Crippen molar-refractivity contribution in [2.45, 2.75) is 25.7 Å². The second-order valence-electron chi connectivity index (χ2n) is 5.04. The van der Waals surface area contributed by atoms with Gasteiger partial charge >= 0.3 is 0 Å². The number of hydrogen-bond acceptors (Lipinski definition) is 4. The Morgan fingerprint density at radius 3 is 2.80 bits per heavy atom. The van der Waals surface area contributed by atoms with E-state index in [9.17, 15) is 4.79 Å². The van der Waals surface area contributed by atoms with Crippen LogP contribution in [-0.2, 0) is 4.79 Å². The summed E-state index contributed by atoms with van der Waals surface area (Å²) in [6, 6.07) is 5.59. The number of anilines is 2. The first-order chi connectivity index (χ1) is 9.72. The number of piperidine rings is 1. The van der Waals surface area contributed by atoms with Gasteiger partial charge in [0.2, 0.25) is 5.91 Å². The SMILES string of the molecule is COc1cccc(NCCC(=O)N2CCCCC2)c1N. The Labute approximate surface area is 120 Å². The molecule has 1 heterocycles. The lowest BCUT2D eigenvalue weighted by Gasteiger charge is -2.26. The minimum atomic E-state index is 0.221. The van der Waals surface area contributed by atoms with Crippen molar-refractivity contribution in [1.29, 1.82) is 0 Å². The summed E-state index contributed by atoms with van der Waals surface area (Å²) in [4.78, 5) is 14.0. The van der Waals surface area contributed by atoms with Crippen LogP contribution >= 0.6 is 0 Å². The number of amides is 1.